The van der Waals surface area contributed by atoms with Crippen molar-refractivity contribution in [3.63, 3.8) is 0 Å². The first kappa shape index (κ1) is 10.7. The van der Waals surface area contributed by atoms with Crippen LogP contribution in [0.1, 0.15) is 31.1 Å². The van der Waals surface area contributed by atoms with E-state index in [0.29, 0.717) is 0 Å². The smallest absolute Gasteiger partial charge is 0.164 e. The topological polar surface area (TPSA) is 18.5 Å². The first-order valence-corrected chi connectivity index (χ1v) is 5.24. The van der Waals surface area contributed by atoms with E-state index >= 15 is 0 Å². The number of ether oxygens (including phenoxy) is 2. The lowest BCUT2D eigenvalue weighted by molar-refractivity contribution is -0.143. The van der Waals surface area contributed by atoms with Crippen molar-refractivity contribution in [1.29, 1.82) is 0 Å². The summed E-state index contributed by atoms with van der Waals surface area (Å²) in [5, 5.41) is 0. The van der Waals surface area contributed by atoms with Crippen molar-refractivity contribution in [1.82, 2.24) is 0 Å². The molecule has 1 saturated heterocycles. The van der Waals surface area contributed by atoms with Gasteiger partial charge >= 0.3 is 0 Å². The van der Waals surface area contributed by atoms with Gasteiger partial charge in [-0.05, 0) is 38.8 Å². The molecule has 0 bridgehead atoms. The molecular formula is C13H17O2. The molecule has 0 saturated carbocycles. The molecule has 0 amide bonds. The highest BCUT2D eigenvalue weighted by Gasteiger charge is 2.39. The number of aryl methyl sites for hydroxylation is 1. The molecule has 2 rings (SSSR count). The molecule has 1 aliphatic rings. The van der Waals surface area contributed by atoms with Crippen LogP contribution in [-0.2, 0) is 9.47 Å². The van der Waals surface area contributed by atoms with Gasteiger partial charge in [-0.1, -0.05) is 24.3 Å². The molecule has 0 N–H and O–H groups in total. The summed E-state index contributed by atoms with van der Waals surface area (Å²) in [5.74, 6) is -0.528. The second-order valence-corrected chi connectivity index (χ2v) is 4.45. The molecule has 0 aromatic heterocycles. The summed E-state index contributed by atoms with van der Waals surface area (Å²) >= 11 is 0. The van der Waals surface area contributed by atoms with Crippen LogP contribution in [-0.4, -0.2) is 11.9 Å². The van der Waals surface area contributed by atoms with Crippen LogP contribution in [0.15, 0.2) is 24.3 Å². The minimum Gasteiger partial charge on any atom is -0.344 e. The van der Waals surface area contributed by atoms with Gasteiger partial charge in [-0.3, -0.25) is 0 Å². The van der Waals surface area contributed by atoms with Gasteiger partial charge in [-0.2, -0.15) is 0 Å². The molecule has 1 radical (unpaired) electrons. The van der Waals surface area contributed by atoms with E-state index in [0.717, 1.165) is 0 Å². The quantitative estimate of drug-likeness (QED) is 0.701. The molecule has 2 unspecified atom stereocenters. The van der Waals surface area contributed by atoms with Gasteiger partial charge in [0.1, 0.15) is 6.10 Å². The molecule has 81 valence electrons. The normalized spacial score (nSPS) is 29.3. The third-order valence-electron chi connectivity index (χ3n) is 2.68. The van der Waals surface area contributed by atoms with E-state index in [4.69, 9.17) is 9.47 Å². The molecule has 2 nitrogen and oxygen atoms in total. The summed E-state index contributed by atoms with van der Waals surface area (Å²) in [6.45, 7) is 9.91. The third-order valence-corrected chi connectivity index (χ3v) is 2.68. The zero-order valence-corrected chi connectivity index (χ0v) is 9.49. The van der Waals surface area contributed by atoms with Crippen LogP contribution in [0.2, 0.25) is 0 Å². The monoisotopic (exact) mass is 205 g/mol. The molecule has 1 aromatic carbocycles. The maximum Gasteiger partial charge on any atom is 0.164 e. The zero-order valence-electron chi connectivity index (χ0n) is 9.49. The van der Waals surface area contributed by atoms with Gasteiger partial charge in [0.15, 0.2) is 5.79 Å². The fourth-order valence-corrected chi connectivity index (χ4v) is 2.01. The van der Waals surface area contributed by atoms with Crippen LogP contribution in [0.25, 0.3) is 0 Å². The van der Waals surface area contributed by atoms with E-state index in [1.165, 1.54) is 11.1 Å². The fourth-order valence-electron chi connectivity index (χ4n) is 2.01. The van der Waals surface area contributed by atoms with Gasteiger partial charge in [0, 0.05) is 0 Å². The Labute approximate surface area is 91.2 Å². The summed E-state index contributed by atoms with van der Waals surface area (Å²) in [6, 6.07) is 8.20. The third kappa shape index (κ3) is 2.06. The average molecular weight is 205 g/mol. The second-order valence-electron chi connectivity index (χ2n) is 4.45. The minimum absolute atomic E-state index is 0.0544. The van der Waals surface area contributed by atoms with Crippen LogP contribution in [0.3, 0.4) is 0 Å². The van der Waals surface area contributed by atoms with Crippen molar-refractivity contribution in [2.45, 2.75) is 38.8 Å². The molecule has 2 heteroatoms. The molecule has 1 aliphatic heterocycles. The van der Waals surface area contributed by atoms with Crippen molar-refractivity contribution >= 4 is 0 Å². The highest BCUT2D eigenvalue weighted by Crippen LogP contribution is 2.38. The predicted molar refractivity (Wildman–Crippen MR) is 59.3 cm³/mol. The van der Waals surface area contributed by atoms with Gasteiger partial charge in [-0.15, -0.1) is 0 Å². The van der Waals surface area contributed by atoms with Crippen LogP contribution in [0.5, 0.6) is 0 Å². The Bertz CT molecular complexity index is 357. The molecule has 2 atom stereocenters. The first-order valence-electron chi connectivity index (χ1n) is 5.24. The number of benzene rings is 1. The predicted octanol–water partition coefficient (Wildman–Crippen LogP) is 3.02. The molecular weight excluding hydrogens is 188 g/mol. The molecule has 0 spiro atoms. The van der Waals surface area contributed by atoms with Crippen molar-refractivity contribution in [2.75, 3.05) is 0 Å². The summed E-state index contributed by atoms with van der Waals surface area (Å²) in [7, 11) is 0. The van der Waals surface area contributed by atoms with E-state index in [1.54, 1.807) is 0 Å². The van der Waals surface area contributed by atoms with Crippen LogP contribution in [0, 0.1) is 13.8 Å². The second kappa shape index (κ2) is 3.62. The molecule has 15 heavy (non-hydrogen) atoms. The maximum atomic E-state index is 5.84. The van der Waals surface area contributed by atoms with Crippen molar-refractivity contribution in [3.05, 3.63) is 42.3 Å². The number of hydrogen-bond donors (Lipinski definition) is 0. The molecule has 1 fully saturated rings. The van der Waals surface area contributed by atoms with Gasteiger partial charge in [0.25, 0.3) is 0 Å². The minimum atomic E-state index is -0.528. The lowest BCUT2D eigenvalue weighted by Crippen LogP contribution is -2.20. The maximum absolute atomic E-state index is 5.84. The van der Waals surface area contributed by atoms with E-state index in [-0.39, 0.29) is 12.2 Å². The van der Waals surface area contributed by atoms with Gasteiger partial charge in [0.2, 0.25) is 0 Å². The van der Waals surface area contributed by atoms with Crippen molar-refractivity contribution < 1.29 is 9.47 Å². The summed E-state index contributed by atoms with van der Waals surface area (Å²) < 4.78 is 11.5. The van der Waals surface area contributed by atoms with E-state index < -0.39 is 5.79 Å². The lowest BCUT2D eigenvalue weighted by Gasteiger charge is -2.18. The SMILES string of the molecule is [CH2]C1OC(C)(C)OC1c1ccccc1C. The average Bonchev–Trinajstić information content (AvgIpc) is 2.40. The van der Waals surface area contributed by atoms with Crippen LogP contribution in [0.4, 0.5) is 0 Å². The Balaban J connectivity index is 2.29. The van der Waals surface area contributed by atoms with E-state index in [1.807, 2.05) is 26.0 Å². The highest BCUT2D eigenvalue weighted by molar-refractivity contribution is 5.29. The molecule has 1 heterocycles. The lowest BCUT2D eigenvalue weighted by atomic mass is 10.0. The molecule has 0 aliphatic carbocycles. The van der Waals surface area contributed by atoms with E-state index in [9.17, 15) is 0 Å². The Hall–Kier alpha value is -0.860. The zero-order chi connectivity index (χ0) is 11.1. The Morgan fingerprint density at radius 3 is 2.40 bits per heavy atom. The summed E-state index contributed by atoms with van der Waals surface area (Å²) in [6.07, 6.45) is -0.192. The van der Waals surface area contributed by atoms with Gasteiger partial charge in [-0.25, -0.2) is 0 Å². The Morgan fingerprint density at radius 1 is 1.20 bits per heavy atom. The Kier molecular flexibility index (Phi) is 2.57. The van der Waals surface area contributed by atoms with Crippen LogP contribution < -0.4 is 0 Å². The van der Waals surface area contributed by atoms with Crippen molar-refractivity contribution in [3.8, 4) is 0 Å². The van der Waals surface area contributed by atoms with Gasteiger partial charge in [0.05, 0.1) is 6.10 Å². The highest BCUT2D eigenvalue weighted by atomic mass is 16.7. The fraction of sp³-hybridized carbons (Fsp3) is 0.462. The first-order chi connectivity index (χ1) is 6.99. The van der Waals surface area contributed by atoms with E-state index in [2.05, 4.69) is 26.0 Å². The van der Waals surface area contributed by atoms with Crippen LogP contribution >= 0.6 is 0 Å². The van der Waals surface area contributed by atoms with Crippen molar-refractivity contribution in [2.24, 2.45) is 0 Å². The van der Waals surface area contributed by atoms with Gasteiger partial charge < -0.3 is 9.47 Å². The Morgan fingerprint density at radius 2 is 1.87 bits per heavy atom. The number of hydrogen-bond acceptors (Lipinski definition) is 2. The number of rotatable bonds is 1. The largest absolute Gasteiger partial charge is 0.344 e. The summed E-state index contributed by atoms with van der Waals surface area (Å²) in [5.41, 5.74) is 2.39. The molecule has 1 aromatic rings. The summed E-state index contributed by atoms with van der Waals surface area (Å²) in [4.78, 5) is 0. The standard InChI is InChI=1S/C13H17O2/c1-9-7-5-6-8-11(9)12-10(2)14-13(3,4)15-12/h5-8,10,12H,2H2,1,3-4H3.